The van der Waals surface area contributed by atoms with Crippen LogP contribution in [0.5, 0.6) is 0 Å². The molecule has 0 spiro atoms. The number of aliphatic hydroxyl groups is 2. The lowest BCUT2D eigenvalue weighted by molar-refractivity contribution is -0.148. The van der Waals surface area contributed by atoms with Crippen molar-refractivity contribution in [2.24, 2.45) is 0 Å². The first-order chi connectivity index (χ1) is 9.40. The van der Waals surface area contributed by atoms with Crippen LogP contribution < -0.4 is 5.32 Å². The molecule has 2 rings (SSSR count). The molecular formula is C12H17FN2O5. The fourth-order valence-electron chi connectivity index (χ4n) is 2.01. The van der Waals surface area contributed by atoms with E-state index in [-0.39, 0.29) is 6.61 Å². The van der Waals surface area contributed by atoms with Crippen LogP contribution in [0.2, 0.25) is 0 Å². The van der Waals surface area contributed by atoms with Crippen LogP contribution >= 0.6 is 0 Å². The van der Waals surface area contributed by atoms with Gasteiger partial charge in [0.05, 0.1) is 5.76 Å². The predicted octanol–water partition coefficient (Wildman–Crippen LogP) is -0.818. The molecule has 5 unspecified atom stereocenters. The molecule has 3 N–H and O–H groups in total. The van der Waals surface area contributed by atoms with Gasteiger partial charge in [0.1, 0.15) is 18.8 Å². The van der Waals surface area contributed by atoms with Crippen LogP contribution in [0.3, 0.4) is 0 Å². The number of carbonyl (C=O) groups is 1. The van der Waals surface area contributed by atoms with E-state index in [1.165, 1.54) is 6.20 Å². The molecule has 20 heavy (non-hydrogen) atoms. The fourth-order valence-corrected chi connectivity index (χ4v) is 2.01. The molecule has 0 saturated carbocycles. The standard InChI is InChI=1S/C12H17FN2O5/c1-6(2)19-5-7-10(17)9(13)11(20-7)15-4-3-8(16)14-12(15)18/h3-4,7,9-12,17-18H,1,5H2,2H3,(H,14,16). The normalized spacial score (nSPS) is 36.9. The summed E-state index contributed by atoms with van der Waals surface area (Å²) in [7, 11) is 0. The van der Waals surface area contributed by atoms with Crippen molar-refractivity contribution in [2.45, 2.75) is 37.9 Å². The van der Waals surface area contributed by atoms with Gasteiger partial charge in [0.15, 0.2) is 12.4 Å². The van der Waals surface area contributed by atoms with Crippen molar-refractivity contribution in [2.75, 3.05) is 6.61 Å². The van der Waals surface area contributed by atoms with Crippen molar-refractivity contribution in [3.05, 3.63) is 24.6 Å². The average molecular weight is 288 g/mol. The maximum absolute atomic E-state index is 14.1. The monoisotopic (exact) mass is 288 g/mol. The number of amides is 1. The van der Waals surface area contributed by atoms with E-state index in [2.05, 4.69) is 11.9 Å². The van der Waals surface area contributed by atoms with Gasteiger partial charge in [-0.15, -0.1) is 0 Å². The van der Waals surface area contributed by atoms with Gasteiger partial charge >= 0.3 is 0 Å². The van der Waals surface area contributed by atoms with Gasteiger partial charge < -0.3 is 29.9 Å². The molecule has 8 heteroatoms. The summed E-state index contributed by atoms with van der Waals surface area (Å²) in [5, 5.41) is 21.6. The summed E-state index contributed by atoms with van der Waals surface area (Å²) in [6, 6.07) is 0. The number of nitrogens with zero attached hydrogens (tertiary/aromatic N) is 1. The highest BCUT2D eigenvalue weighted by Crippen LogP contribution is 2.28. The molecule has 1 amide bonds. The Morgan fingerprint density at radius 1 is 1.65 bits per heavy atom. The lowest BCUT2D eigenvalue weighted by atomic mass is 10.1. The Hall–Kier alpha value is -1.64. The minimum atomic E-state index is -1.75. The molecule has 0 aromatic rings. The lowest BCUT2D eigenvalue weighted by Gasteiger charge is -2.34. The number of hydrogen-bond donors (Lipinski definition) is 3. The van der Waals surface area contributed by atoms with Gasteiger partial charge in [-0.25, -0.2) is 4.39 Å². The highest BCUT2D eigenvalue weighted by molar-refractivity contribution is 5.88. The fraction of sp³-hybridized carbons (Fsp3) is 0.583. The van der Waals surface area contributed by atoms with Gasteiger partial charge in [-0.05, 0) is 6.92 Å². The van der Waals surface area contributed by atoms with E-state index < -0.39 is 36.9 Å². The Kier molecular flexibility index (Phi) is 4.26. The quantitative estimate of drug-likeness (QED) is 0.586. The molecule has 7 nitrogen and oxygen atoms in total. The van der Waals surface area contributed by atoms with Crippen LogP contribution in [-0.2, 0) is 14.3 Å². The second-order valence-corrected chi connectivity index (χ2v) is 4.66. The molecular weight excluding hydrogens is 271 g/mol. The van der Waals surface area contributed by atoms with Crippen LogP contribution in [0.25, 0.3) is 0 Å². The molecule has 2 aliphatic rings. The summed E-state index contributed by atoms with van der Waals surface area (Å²) in [6.45, 7) is 5.10. The third-order valence-corrected chi connectivity index (χ3v) is 3.03. The maximum Gasteiger partial charge on any atom is 0.248 e. The summed E-state index contributed by atoms with van der Waals surface area (Å²) in [5.74, 6) is -0.0744. The van der Waals surface area contributed by atoms with E-state index in [0.29, 0.717) is 5.76 Å². The van der Waals surface area contributed by atoms with E-state index in [1.54, 1.807) is 6.92 Å². The number of carbonyl (C=O) groups excluding carboxylic acids is 1. The third kappa shape index (κ3) is 2.92. The van der Waals surface area contributed by atoms with E-state index in [9.17, 15) is 19.4 Å². The molecule has 5 atom stereocenters. The first-order valence-corrected chi connectivity index (χ1v) is 6.10. The van der Waals surface area contributed by atoms with E-state index in [4.69, 9.17) is 9.47 Å². The molecule has 112 valence electrons. The number of rotatable bonds is 4. The van der Waals surface area contributed by atoms with Gasteiger partial charge in [-0.2, -0.15) is 0 Å². The summed E-state index contributed by atoms with van der Waals surface area (Å²) in [6.07, 6.45) is -4.30. The van der Waals surface area contributed by atoms with Gasteiger partial charge in [0.2, 0.25) is 12.3 Å². The van der Waals surface area contributed by atoms with Gasteiger partial charge in [0, 0.05) is 12.3 Å². The van der Waals surface area contributed by atoms with Crippen LogP contribution in [0, 0.1) is 0 Å². The Morgan fingerprint density at radius 3 is 2.95 bits per heavy atom. The summed E-state index contributed by atoms with van der Waals surface area (Å²) in [4.78, 5) is 12.1. The zero-order valence-corrected chi connectivity index (χ0v) is 10.9. The molecule has 0 aromatic heterocycles. The molecule has 2 aliphatic heterocycles. The van der Waals surface area contributed by atoms with Crippen molar-refractivity contribution >= 4 is 5.91 Å². The number of alkyl halides is 1. The lowest BCUT2D eigenvalue weighted by Crippen LogP contribution is -2.54. The van der Waals surface area contributed by atoms with Gasteiger partial charge in [0.25, 0.3) is 0 Å². The minimum Gasteiger partial charge on any atom is -0.496 e. The van der Waals surface area contributed by atoms with Crippen molar-refractivity contribution in [3.8, 4) is 0 Å². The predicted molar refractivity (Wildman–Crippen MR) is 65.5 cm³/mol. The summed E-state index contributed by atoms with van der Waals surface area (Å²) < 4.78 is 24.5. The molecule has 0 aliphatic carbocycles. The van der Waals surface area contributed by atoms with Crippen LogP contribution in [0.1, 0.15) is 6.92 Å². The zero-order chi connectivity index (χ0) is 14.9. The first-order valence-electron chi connectivity index (χ1n) is 6.10. The van der Waals surface area contributed by atoms with Crippen molar-refractivity contribution < 1.29 is 28.9 Å². The molecule has 0 aromatic carbocycles. The molecule has 2 heterocycles. The van der Waals surface area contributed by atoms with Crippen molar-refractivity contribution in [3.63, 3.8) is 0 Å². The maximum atomic E-state index is 14.1. The highest BCUT2D eigenvalue weighted by atomic mass is 19.1. The third-order valence-electron chi connectivity index (χ3n) is 3.03. The second kappa shape index (κ2) is 5.78. The van der Waals surface area contributed by atoms with E-state index in [1.807, 2.05) is 0 Å². The highest BCUT2D eigenvalue weighted by Gasteiger charge is 2.48. The number of nitrogens with one attached hydrogen (secondary N) is 1. The van der Waals surface area contributed by atoms with Crippen LogP contribution in [-0.4, -0.2) is 58.6 Å². The molecule has 0 bridgehead atoms. The Labute approximate surface area is 115 Å². The number of allylic oxidation sites excluding steroid dienone is 1. The zero-order valence-electron chi connectivity index (χ0n) is 10.9. The van der Waals surface area contributed by atoms with Crippen LogP contribution in [0.4, 0.5) is 4.39 Å². The van der Waals surface area contributed by atoms with E-state index in [0.717, 1.165) is 11.0 Å². The molecule has 1 fully saturated rings. The number of halogens is 1. The number of aliphatic hydroxyl groups excluding tert-OH is 2. The second-order valence-electron chi connectivity index (χ2n) is 4.66. The van der Waals surface area contributed by atoms with E-state index >= 15 is 0 Å². The Morgan fingerprint density at radius 2 is 2.35 bits per heavy atom. The Balaban J connectivity index is 2.04. The number of ether oxygens (including phenoxy) is 2. The first kappa shape index (κ1) is 14.8. The molecule has 1 saturated heterocycles. The topological polar surface area (TPSA) is 91.3 Å². The van der Waals surface area contributed by atoms with Gasteiger partial charge in [-0.1, -0.05) is 6.58 Å². The number of hydrogen-bond acceptors (Lipinski definition) is 6. The summed E-state index contributed by atoms with van der Waals surface area (Å²) in [5.41, 5.74) is 0. The molecule has 0 radical (unpaired) electrons. The summed E-state index contributed by atoms with van der Waals surface area (Å²) >= 11 is 0. The average Bonchev–Trinajstić information content (AvgIpc) is 2.64. The largest absolute Gasteiger partial charge is 0.496 e. The Bertz CT molecular complexity index is 428. The minimum absolute atomic E-state index is 0.0482. The van der Waals surface area contributed by atoms with Crippen molar-refractivity contribution in [1.29, 1.82) is 0 Å². The van der Waals surface area contributed by atoms with Gasteiger partial charge in [-0.3, -0.25) is 4.79 Å². The SMILES string of the molecule is C=C(C)OCC1OC(N2C=CC(=O)NC2O)C(F)C1O. The van der Waals surface area contributed by atoms with Crippen molar-refractivity contribution in [1.82, 2.24) is 10.2 Å². The van der Waals surface area contributed by atoms with Crippen LogP contribution in [0.15, 0.2) is 24.6 Å². The smallest absolute Gasteiger partial charge is 0.248 e.